The van der Waals surface area contributed by atoms with Crippen molar-refractivity contribution in [3.05, 3.63) is 82.3 Å². The lowest BCUT2D eigenvalue weighted by atomic mass is 9.92. The minimum atomic E-state index is -4.02. The van der Waals surface area contributed by atoms with Gasteiger partial charge in [-0.25, -0.2) is 8.42 Å². The molecule has 2 amide bonds. The molecule has 0 bridgehead atoms. The topological polar surface area (TPSA) is 126 Å². The number of hydrogen-bond donors (Lipinski definition) is 4. The van der Waals surface area contributed by atoms with Crippen LogP contribution in [-0.4, -0.2) is 46.4 Å². The average Bonchev–Trinajstić information content (AvgIpc) is 2.98. The van der Waals surface area contributed by atoms with E-state index in [0.29, 0.717) is 17.3 Å². The van der Waals surface area contributed by atoms with Gasteiger partial charge in [0.2, 0.25) is 5.91 Å². The first-order valence-electron chi connectivity index (χ1n) is 13.8. The van der Waals surface area contributed by atoms with Gasteiger partial charge in [-0.3, -0.25) is 14.3 Å². The normalized spacial score (nSPS) is 13.4. The Labute approximate surface area is 268 Å². The van der Waals surface area contributed by atoms with Crippen molar-refractivity contribution in [2.75, 3.05) is 30.9 Å². The van der Waals surface area contributed by atoms with Crippen LogP contribution in [0.2, 0.25) is 10.0 Å². The Bertz CT molecular complexity index is 1480. The summed E-state index contributed by atoms with van der Waals surface area (Å²) in [6.45, 7) is 2.58. The molecule has 0 atom stereocenters. The molecule has 4 N–H and O–H groups in total. The number of nitrogens with one attached hydrogen (secondary N) is 4. The number of sulfonamides is 1. The second kappa shape index (κ2) is 16.7. The number of hydrogen-bond acceptors (Lipinski definition) is 6. The summed E-state index contributed by atoms with van der Waals surface area (Å²) in [5, 5.41) is 9.47. The van der Waals surface area contributed by atoms with Gasteiger partial charge >= 0.3 is 0 Å². The van der Waals surface area contributed by atoms with Crippen LogP contribution in [0.15, 0.2) is 71.6 Å². The third-order valence-electron chi connectivity index (χ3n) is 6.90. The predicted molar refractivity (Wildman–Crippen MR) is 172 cm³/mol. The van der Waals surface area contributed by atoms with E-state index in [0.717, 1.165) is 31.8 Å². The van der Waals surface area contributed by atoms with Gasteiger partial charge in [-0.05, 0) is 92.9 Å². The maximum Gasteiger partial charge on any atom is 0.262 e. The van der Waals surface area contributed by atoms with Gasteiger partial charge in [0.15, 0.2) is 5.75 Å². The lowest BCUT2D eigenvalue weighted by Gasteiger charge is -2.22. The van der Waals surface area contributed by atoms with Crippen molar-refractivity contribution in [2.24, 2.45) is 5.92 Å². The molecule has 1 aliphatic rings. The number of unbranched alkanes of at least 4 members (excludes halogenated alkanes) is 1. The number of carbonyl (C=O) groups is 2. The summed E-state index contributed by atoms with van der Waals surface area (Å²) in [6.07, 6.45) is 5.57. The summed E-state index contributed by atoms with van der Waals surface area (Å²) in [4.78, 5) is 24.6. The minimum absolute atomic E-state index is 0. The van der Waals surface area contributed by atoms with Crippen LogP contribution in [0.1, 0.15) is 42.5 Å². The fraction of sp³-hybridized carbons (Fsp3) is 0.333. The highest BCUT2D eigenvalue weighted by atomic mass is 35.5. The van der Waals surface area contributed by atoms with E-state index in [4.69, 9.17) is 27.9 Å². The maximum atomic E-state index is 13.1. The molecule has 0 aromatic heterocycles. The zero-order valence-electron chi connectivity index (χ0n) is 23.4. The Morgan fingerprint density at radius 2 is 1.63 bits per heavy atom. The zero-order valence-corrected chi connectivity index (χ0v) is 26.6. The Morgan fingerprint density at radius 3 is 2.35 bits per heavy atom. The highest BCUT2D eigenvalue weighted by molar-refractivity contribution is 7.92. The summed E-state index contributed by atoms with van der Waals surface area (Å²) < 4.78 is 34.5. The second-order valence-electron chi connectivity index (χ2n) is 10.0. The van der Waals surface area contributed by atoms with Gasteiger partial charge in [-0.1, -0.05) is 48.2 Å². The number of anilines is 1. The van der Waals surface area contributed by atoms with Gasteiger partial charge in [0.05, 0.1) is 22.2 Å². The Morgan fingerprint density at radius 1 is 0.907 bits per heavy atom. The van der Waals surface area contributed by atoms with Crippen molar-refractivity contribution in [1.82, 2.24) is 16.0 Å². The minimum Gasteiger partial charge on any atom is -0.454 e. The van der Waals surface area contributed by atoms with Crippen LogP contribution >= 0.6 is 35.6 Å². The van der Waals surface area contributed by atoms with Crippen molar-refractivity contribution in [1.29, 1.82) is 0 Å². The van der Waals surface area contributed by atoms with Crippen LogP contribution in [0.3, 0.4) is 0 Å². The molecule has 9 nitrogen and oxygen atoms in total. The van der Waals surface area contributed by atoms with E-state index in [2.05, 4.69) is 20.7 Å². The lowest BCUT2D eigenvalue weighted by molar-refractivity contribution is -0.120. The van der Waals surface area contributed by atoms with E-state index in [1.165, 1.54) is 49.6 Å². The van der Waals surface area contributed by atoms with Crippen LogP contribution in [0.4, 0.5) is 5.69 Å². The molecule has 0 aliphatic carbocycles. The van der Waals surface area contributed by atoms with E-state index >= 15 is 0 Å². The monoisotopic (exact) mass is 668 g/mol. The van der Waals surface area contributed by atoms with Crippen molar-refractivity contribution in [2.45, 2.75) is 37.0 Å². The van der Waals surface area contributed by atoms with Crippen molar-refractivity contribution in [3.8, 4) is 11.5 Å². The summed E-state index contributed by atoms with van der Waals surface area (Å²) >= 11 is 12.1. The summed E-state index contributed by atoms with van der Waals surface area (Å²) in [5.41, 5.74) is 0.424. The van der Waals surface area contributed by atoms with E-state index < -0.39 is 15.9 Å². The smallest absolute Gasteiger partial charge is 0.262 e. The quantitative estimate of drug-likeness (QED) is 0.165. The molecule has 4 rings (SSSR count). The van der Waals surface area contributed by atoms with Gasteiger partial charge in [0.1, 0.15) is 5.75 Å². The highest BCUT2D eigenvalue weighted by Gasteiger charge is 2.19. The summed E-state index contributed by atoms with van der Waals surface area (Å²) in [5.74, 6) is 0.564. The fourth-order valence-corrected chi connectivity index (χ4v) is 6.10. The molecule has 1 saturated heterocycles. The lowest BCUT2D eigenvalue weighted by Crippen LogP contribution is -2.37. The SMILES string of the molecule is Cl.O=C(CNC(=O)c1ccc(S(=O)(=O)Nc2ccccc2Oc2ccc(Cl)cc2Cl)cc1)NCCCCC1CCNCC1. The Balaban J connectivity index is 0.00000506. The van der Waals surface area contributed by atoms with E-state index in [1.54, 1.807) is 36.4 Å². The van der Waals surface area contributed by atoms with Crippen molar-refractivity contribution < 1.29 is 22.7 Å². The van der Waals surface area contributed by atoms with E-state index in [-0.39, 0.29) is 51.8 Å². The third kappa shape index (κ3) is 10.6. The summed E-state index contributed by atoms with van der Waals surface area (Å²) in [7, 11) is -4.02. The second-order valence-corrected chi connectivity index (χ2v) is 12.6. The number of benzene rings is 3. The molecule has 0 radical (unpaired) electrons. The Hall–Kier alpha value is -3.02. The molecular formula is C30H35Cl3N4O5S. The molecule has 3 aromatic rings. The molecule has 13 heteroatoms. The molecular weight excluding hydrogens is 635 g/mol. The number of ether oxygens (including phenoxy) is 1. The predicted octanol–water partition coefficient (Wildman–Crippen LogP) is 6.02. The number of halogens is 3. The number of rotatable bonds is 13. The number of piperidine rings is 1. The number of carbonyl (C=O) groups excluding carboxylic acids is 2. The zero-order chi connectivity index (χ0) is 30.0. The standard InChI is InChI=1S/C30H34Cl2N4O5S.ClH/c31-23-10-13-27(25(32)19-23)41-28-7-2-1-6-26(28)36-42(39,40)24-11-8-22(9-12-24)30(38)35-20-29(37)34-16-4-3-5-21-14-17-33-18-15-21;/h1-2,6-13,19,21,33,36H,3-5,14-18,20H2,(H,34,37)(H,35,38);1H. The molecule has 232 valence electrons. The highest BCUT2D eigenvalue weighted by Crippen LogP contribution is 2.35. The molecule has 1 fully saturated rings. The van der Waals surface area contributed by atoms with Gasteiger partial charge in [0.25, 0.3) is 15.9 Å². The maximum absolute atomic E-state index is 13.1. The molecule has 1 aliphatic heterocycles. The van der Waals surface area contributed by atoms with Crippen LogP contribution in [0.5, 0.6) is 11.5 Å². The molecule has 3 aromatic carbocycles. The first-order valence-corrected chi connectivity index (χ1v) is 16.1. The Kier molecular flexibility index (Phi) is 13.4. The van der Waals surface area contributed by atoms with Gasteiger partial charge < -0.3 is 20.7 Å². The van der Waals surface area contributed by atoms with Crippen LogP contribution < -0.4 is 25.4 Å². The molecule has 0 spiro atoms. The largest absolute Gasteiger partial charge is 0.454 e. The number of amides is 2. The van der Waals surface area contributed by atoms with Gasteiger partial charge in [0, 0.05) is 17.1 Å². The van der Waals surface area contributed by atoms with Crippen LogP contribution in [0.25, 0.3) is 0 Å². The first kappa shape index (κ1) is 34.5. The fourth-order valence-electron chi connectivity index (χ4n) is 4.59. The van der Waals surface area contributed by atoms with Crippen molar-refractivity contribution >= 4 is 63.1 Å². The summed E-state index contributed by atoms with van der Waals surface area (Å²) in [6, 6.07) is 16.6. The average molecular weight is 670 g/mol. The molecule has 0 saturated carbocycles. The van der Waals surface area contributed by atoms with Gasteiger partial charge in [-0.2, -0.15) is 0 Å². The third-order valence-corrected chi connectivity index (χ3v) is 8.81. The van der Waals surface area contributed by atoms with Crippen LogP contribution in [-0.2, 0) is 14.8 Å². The van der Waals surface area contributed by atoms with Crippen LogP contribution in [0, 0.1) is 5.92 Å². The number of para-hydroxylation sites is 2. The van der Waals surface area contributed by atoms with Gasteiger partial charge in [-0.15, -0.1) is 12.4 Å². The molecule has 0 unspecified atom stereocenters. The van der Waals surface area contributed by atoms with Crippen molar-refractivity contribution in [3.63, 3.8) is 0 Å². The first-order chi connectivity index (χ1) is 20.2. The van der Waals surface area contributed by atoms with E-state index in [1.807, 2.05) is 0 Å². The molecule has 1 heterocycles. The van der Waals surface area contributed by atoms with E-state index in [9.17, 15) is 18.0 Å². The molecule has 43 heavy (non-hydrogen) atoms.